The van der Waals surface area contributed by atoms with Gasteiger partial charge in [0.1, 0.15) is 11.3 Å². The number of phenols is 1. The molecule has 0 unspecified atom stereocenters. The highest BCUT2D eigenvalue weighted by molar-refractivity contribution is 7.53. The Morgan fingerprint density at radius 3 is 2.46 bits per heavy atom. The number of carbonyl (C=O) groups is 2. The molecule has 12 heteroatoms. The van der Waals surface area contributed by atoms with Crippen LogP contribution in [0.3, 0.4) is 0 Å². The van der Waals surface area contributed by atoms with Crippen LogP contribution >= 0.6 is 7.60 Å². The Labute approximate surface area is 225 Å². The van der Waals surface area contributed by atoms with Crippen molar-refractivity contribution in [2.75, 3.05) is 53.1 Å². The number of amides is 2. The molecule has 2 amide bonds. The van der Waals surface area contributed by atoms with Crippen molar-refractivity contribution in [1.82, 2.24) is 19.7 Å². The number of rotatable bonds is 8. The Balaban J connectivity index is 1.40. The topological polar surface area (TPSA) is 113 Å². The highest BCUT2D eigenvalue weighted by atomic mass is 31.2. The fraction of sp³-hybridized carbons (Fsp3) is 0.370. The van der Waals surface area contributed by atoms with Crippen molar-refractivity contribution < 1.29 is 32.7 Å². The average molecular weight is 557 g/mol. The second kappa shape index (κ2) is 11.0. The van der Waals surface area contributed by atoms with E-state index in [1.165, 1.54) is 37.4 Å². The molecule has 1 aromatic heterocycles. The number of phenolic OH excluding ortho intramolecular Hbond substituents is 1. The van der Waals surface area contributed by atoms with E-state index in [0.717, 1.165) is 5.56 Å². The van der Waals surface area contributed by atoms with Gasteiger partial charge in [0, 0.05) is 77.2 Å². The smallest absolute Gasteiger partial charge is 0.331 e. The summed E-state index contributed by atoms with van der Waals surface area (Å²) in [7, 11) is -0.394. The summed E-state index contributed by atoms with van der Waals surface area (Å²) in [5.74, 6) is -1.25. The first-order valence-corrected chi connectivity index (χ1v) is 14.4. The Kier molecular flexibility index (Phi) is 7.68. The maximum absolute atomic E-state index is 14.0. The van der Waals surface area contributed by atoms with Gasteiger partial charge in [-0.2, -0.15) is 0 Å². The summed E-state index contributed by atoms with van der Waals surface area (Å²) in [5, 5.41) is 11.5. The van der Waals surface area contributed by atoms with Gasteiger partial charge < -0.3 is 24.0 Å². The van der Waals surface area contributed by atoms with Crippen molar-refractivity contribution in [3.05, 3.63) is 70.7 Å². The third kappa shape index (κ3) is 5.27. The van der Waals surface area contributed by atoms with E-state index in [-0.39, 0.29) is 47.8 Å². The van der Waals surface area contributed by atoms with Gasteiger partial charge in [-0.15, -0.1) is 0 Å². The first kappa shape index (κ1) is 27.2. The molecule has 0 aliphatic carbocycles. The first-order chi connectivity index (χ1) is 18.7. The molecule has 2 aromatic carbocycles. The molecule has 0 bridgehead atoms. The van der Waals surface area contributed by atoms with Gasteiger partial charge >= 0.3 is 7.60 Å². The summed E-state index contributed by atoms with van der Waals surface area (Å²) >= 11 is 0. The van der Waals surface area contributed by atoms with Gasteiger partial charge in [0.25, 0.3) is 11.8 Å². The van der Waals surface area contributed by atoms with E-state index >= 15 is 0 Å². The lowest BCUT2D eigenvalue weighted by molar-refractivity contribution is 0.0641. The molecule has 10 nitrogen and oxygen atoms in total. The van der Waals surface area contributed by atoms with E-state index in [1.807, 2.05) is 0 Å². The Hall–Kier alpha value is -3.37. The molecule has 1 fully saturated rings. The van der Waals surface area contributed by atoms with Crippen molar-refractivity contribution in [2.45, 2.75) is 13.1 Å². The molecule has 39 heavy (non-hydrogen) atoms. The fourth-order valence-electron chi connectivity index (χ4n) is 5.19. The summed E-state index contributed by atoms with van der Waals surface area (Å²) in [5.41, 5.74) is 1.84. The zero-order valence-corrected chi connectivity index (χ0v) is 22.7. The van der Waals surface area contributed by atoms with Crippen LogP contribution in [0.2, 0.25) is 0 Å². The van der Waals surface area contributed by atoms with Crippen LogP contribution in [0.1, 0.15) is 31.8 Å². The summed E-state index contributed by atoms with van der Waals surface area (Å²) in [6.45, 7) is 2.87. The van der Waals surface area contributed by atoms with Crippen LogP contribution in [-0.4, -0.2) is 89.7 Å². The molecule has 3 heterocycles. The van der Waals surface area contributed by atoms with Crippen LogP contribution in [0.5, 0.6) is 5.75 Å². The number of nitrogens with zero attached hydrogens (tertiary/aromatic N) is 4. The highest BCUT2D eigenvalue weighted by Gasteiger charge is 2.38. The van der Waals surface area contributed by atoms with Gasteiger partial charge in [0.15, 0.2) is 5.75 Å². The standard InChI is InChI=1S/C27H30FN4O6P/c1-37-39(36,38-2)15-14-30-10-12-31(13-11-30)26(34)22-20-4-3-9-29-24(20)25(33)23-21(22)17-32(27(23)35)16-18-5-7-19(28)8-6-18/h3-9,33H,10-17H2,1-2H3. The minimum Gasteiger partial charge on any atom is -0.505 e. The van der Waals surface area contributed by atoms with Gasteiger partial charge in [-0.25, -0.2) is 4.39 Å². The minimum absolute atomic E-state index is 0.0835. The monoisotopic (exact) mass is 556 g/mol. The SMILES string of the molecule is COP(=O)(CCN1CCN(C(=O)c2c3c(c(O)c4ncccc24)C(=O)N(Cc2ccc(F)cc2)C3)CC1)OC. The van der Waals surface area contributed by atoms with E-state index in [9.17, 15) is 23.7 Å². The van der Waals surface area contributed by atoms with E-state index in [1.54, 1.807) is 29.2 Å². The number of carbonyl (C=O) groups excluding carboxylic acids is 2. The molecule has 2 aliphatic rings. The van der Waals surface area contributed by atoms with Crippen LogP contribution < -0.4 is 0 Å². The van der Waals surface area contributed by atoms with Crippen molar-refractivity contribution >= 4 is 30.3 Å². The molecule has 0 saturated carbocycles. The molecule has 5 rings (SSSR count). The molecular weight excluding hydrogens is 526 g/mol. The lowest BCUT2D eigenvalue weighted by Crippen LogP contribution is -2.49. The molecule has 1 N–H and O–H groups in total. The maximum atomic E-state index is 14.0. The van der Waals surface area contributed by atoms with Crippen molar-refractivity contribution in [2.24, 2.45) is 0 Å². The van der Waals surface area contributed by atoms with Crippen molar-refractivity contribution in [3.8, 4) is 5.75 Å². The Morgan fingerprint density at radius 1 is 1.10 bits per heavy atom. The predicted molar refractivity (Wildman–Crippen MR) is 142 cm³/mol. The molecule has 1 saturated heterocycles. The van der Waals surface area contributed by atoms with E-state index in [0.29, 0.717) is 49.2 Å². The van der Waals surface area contributed by atoms with Gasteiger partial charge in [-0.05, 0) is 23.8 Å². The summed E-state index contributed by atoms with van der Waals surface area (Å²) < 4.78 is 35.8. The van der Waals surface area contributed by atoms with Crippen LogP contribution in [0.15, 0.2) is 42.6 Å². The molecule has 206 valence electrons. The predicted octanol–water partition coefficient (Wildman–Crippen LogP) is 3.48. The number of piperazine rings is 1. The third-order valence-corrected chi connectivity index (χ3v) is 9.26. The molecule has 0 spiro atoms. The lowest BCUT2D eigenvalue weighted by atomic mass is 9.95. The quantitative estimate of drug-likeness (QED) is 0.420. The second-order valence-corrected chi connectivity index (χ2v) is 12.0. The fourth-order valence-corrected chi connectivity index (χ4v) is 6.23. The average Bonchev–Trinajstić information content (AvgIpc) is 3.28. The molecule has 0 atom stereocenters. The normalized spacial score (nSPS) is 16.2. The number of benzene rings is 2. The third-order valence-electron chi connectivity index (χ3n) is 7.40. The van der Waals surface area contributed by atoms with Crippen LogP contribution in [-0.2, 0) is 26.7 Å². The van der Waals surface area contributed by atoms with E-state index in [2.05, 4.69) is 9.88 Å². The van der Waals surface area contributed by atoms with Crippen molar-refractivity contribution in [1.29, 1.82) is 0 Å². The highest BCUT2D eigenvalue weighted by Crippen LogP contribution is 2.46. The molecule has 0 radical (unpaired) electrons. The van der Waals surface area contributed by atoms with E-state index < -0.39 is 13.5 Å². The minimum atomic E-state index is -3.12. The van der Waals surface area contributed by atoms with Gasteiger partial charge in [0.2, 0.25) is 0 Å². The number of fused-ring (bicyclic) bond motifs is 2. The number of aromatic hydroxyl groups is 1. The number of aromatic nitrogens is 1. The molecule has 2 aliphatic heterocycles. The lowest BCUT2D eigenvalue weighted by Gasteiger charge is -2.35. The summed E-state index contributed by atoms with van der Waals surface area (Å²) in [6.07, 6.45) is 1.76. The maximum Gasteiger partial charge on any atom is 0.331 e. The second-order valence-electron chi connectivity index (χ2n) is 9.60. The van der Waals surface area contributed by atoms with Gasteiger partial charge in [-0.3, -0.25) is 24.0 Å². The Bertz CT molecular complexity index is 1450. The number of hydrogen-bond donors (Lipinski definition) is 1. The molecule has 3 aromatic rings. The number of halogens is 1. The largest absolute Gasteiger partial charge is 0.505 e. The van der Waals surface area contributed by atoms with Gasteiger partial charge in [-0.1, -0.05) is 18.2 Å². The number of hydrogen-bond acceptors (Lipinski definition) is 8. The van der Waals surface area contributed by atoms with Crippen LogP contribution in [0, 0.1) is 5.82 Å². The number of pyridine rings is 1. The van der Waals surface area contributed by atoms with Crippen LogP contribution in [0.25, 0.3) is 10.9 Å². The summed E-state index contributed by atoms with van der Waals surface area (Å²) in [6, 6.07) is 9.29. The van der Waals surface area contributed by atoms with Crippen LogP contribution in [0.4, 0.5) is 4.39 Å². The first-order valence-electron chi connectivity index (χ1n) is 12.6. The van der Waals surface area contributed by atoms with E-state index in [4.69, 9.17) is 9.05 Å². The molecular formula is C27H30FN4O6P. The van der Waals surface area contributed by atoms with Crippen molar-refractivity contribution in [3.63, 3.8) is 0 Å². The zero-order chi connectivity index (χ0) is 27.7. The summed E-state index contributed by atoms with van der Waals surface area (Å²) in [4.78, 5) is 37.0. The van der Waals surface area contributed by atoms with Gasteiger partial charge in [0.05, 0.1) is 17.3 Å². The zero-order valence-electron chi connectivity index (χ0n) is 21.8. The Morgan fingerprint density at radius 2 is 1.79 bits per heavy atom.